The summed E-state index contributed by atoms with van der Waals surface area (Å²) in [4.78, 5) is 28.8. The lowest BCUT2D eigenvalue weighted by molar-refractivity contribution is -0.125. The van der Waals surface area contributed by atoms with E-state index in [0.29, 0.717) is 18.5 Å². The topological polar surface area (TPSA) is 76.0 Å². The van der Waals surface area contributed by atoms with Crippen molar-refractivity contribution in [2.45, 2.75) is 31.7 Å². The molecule has 1 aliphatic rings. The van der Waals surface area contributed by atoms with Gasteiger partial charge in [0.15, 0.2) is 0 Å². The van der Waals surface area contributed by atoms with Crippen molar-refractivity contribution >= 4 is 28.5 Å². The van der Waals surface area contributed by atoms with Crippen molar-refractivity contribution in [3.05, 3.63) is 48.5 Å². The smallest absolute Gasteiger partial charge is 0.246 e. The lowest BCUT2D eigenvalue weighted by Crippen LogP contribution is -2.42. The normalized spacial score (nSPS) is 17.4. The van der Waals surface area contributed by atoms with Gasteiger partial charge in [-0.3, -0.25) is 9.59 Å². The summed E-state index contributed by atoms with van der Waals surface area (Å²) in [5.41, 5.74) is 3.72. The highest BCUT2D eigenvalue weighted by Gasteiger charge is 2.23. The van der Waals surface area contributed by atoms with E-state index in [1.165, 1.54) is 0 Å². The number of anilines is 1. The second-order valence-corrected chi connectivity index (χ2v) is 6.92. The van der Waals surface area contributed by atoms with Crippen LogP contribution in [-0.2, 0) is 16.6 Å². The van der Waals surface area contributed by atoms with Gasteiger partial charge in [0.1, 0.15) is 11.9 Å². The zero-order valence-electron chi connectivity index (χ0n) is 15.2. The molecule has 2 heterocycles. The van der Waals surface area contributed by atoms with Crippen LogP contribution in [0.2, 0.25) is 0 Å². The van der Waals surface area contributed by atoms with E-state index in [4.69, 9.17) is 4.98 Å². The molecule has 2 amide bonds. The minimum absolute atomic E-state index is 0.0511. The summed E-state index contributed by atoms with van der Waals surface area (Å²) in [6.45, 7) is 0. The molecule has 138 valence electrons. The first kappa shape index (κ1) is 17.3. The number of rotatable bonds is 3. The SMILES string of the molecule is Cn1c(-c2ccc(NC(=O)C3CCCCC(=O)N3)cc2)nc2ccccc21. The van der Waals surface area contributed by atoms with Gasteiger partial charge in [-0.1, -0.05) is 18.6 Å². The molecule has 6 heteroatoms. The fraction of sp³-hybridized carbons (Fsp3) is 0.286. The molecule has 0 spiro atoms. The molecule has 6 nitrogen and oxygen atoms in total. The van der Waals surface area contributed by atoms with Crippen molar-refractivity contribution in [3.8, 4) is 11.4 Å². The Balaban J connectivity index is 1.51. The largest absolute Gasteiger partial charge is 0.344 e. The molecule has 2 aromatic carbocycles. The number of nitrogens with one attached hydrogen (secondary N) is 2. The molecule has 1 aromatic heterocycles. The van der Waals surface area contributed by atoms with Crippen molar-refractivity contribution in [2.24, 2.45) is 7.05 Å². The summed E-state index contributed by atoms with van der Waals surface area (Å²) >= 11 is 0. The molecule has 4 rings (SSSR count). The van der Waals surface area contributed by atoms with Crippen LogP contribution >= 0.6 is 0 Å². The number of benzene rings is 2. The van der Waals surface area contributed by atoms with Gasteiger partial charge in [0, 0.05) is 24.7 Å². The Morgan fingerprint density at radius 3 is 2.70 bits per heavy atom. The van der Waals surface area contributed by atoms with Crippen LogP contribution in [0.1, 0.15) is 25.7 Å². The van der Waals surface area contributed by atoms with Crippen LogP contribution in [0.3, 0.4) is 0 Å². The molecule has 0 aliphatic carbocycles. The van der Waals surface area contributed by atoms with Gasteiger partial charge in [0.2, 0.25) is 11.8 Å². The van der Waals surface area contributed by atoms with Crippen LogP contribution in [-0.4, -0.2) is 27.4 Å². The summed E-state index contributed by atoms with van der Waals surface area (Å²) in [5.74, 6) is 0.663. The lowest BCUT2D eigenvalue weighted by atomic mass is 10.1. The molecule has 3 aromatic rings. The standard InChI is InChI=1S/C21H22N4O2/c1-25-18-8-4-2-6-16(18)24-20(25)14-10-12-15(13-11-14)22-21(27)17-7-3-5-9-19(26)23-17/h2,4,6,8,10-13,17H,3,5,7,9H2,1H3,(H,22,27)(H,23,26). The van der Waals surface area contributed by atoms with Gasteiger partial charge >= 0.3 is 0 Å². The van der Waals surface area contributed by atoms with Gasteiger partial charge < -0.3 is 15.2 Å². The van der Waals surface area contributed by atoms with Crippen molar-refractivity contribution in [3.63, 3.8) is 0 Å². The highest BCUT2D eigenvalue weighted by Crippen LogP contribution is 2.25. The summed E-state index contributed by atoms with van der Waals surface area (Å²) in [5, 5.41) is 5.69. The maximum atomic E-state index is 12.5. The Bertz CT molecular complexity index is 991. The van der Waals surface area contributed by atoms with E-state index in [1.54, 1.807) is 0 Å². The summed E-state index contributed by atoms with van der Waals surface area (Å²) in [6.07, 6.45) is 2.89. The number of aryl methyl sites for hydroxylation is 1. The monoisotopic (exact) mass is 362 g/mol. The molecular formula is C21H22N4O2. The minimum atomic E-state index is -0.459. The zero-order valence-corrected chi connectivity index (χ0v) is 15.2. The highest BCUT2D eigenvalue weighted by molar-refractivity contribution is 5.97. The third kappa shape index (κ3) is 3.56. The van der Waals surface area contributed by atoms with E-state index in [0.717, 1.165) is 35.3 Å². The zero-order chi connectivity index (χ0) is 18.8. The lowest BCUT2D eigenvalue weighted by Gasteiger charge is -2.15. The average Bonchev–Trinajstić information content (AvgIpc) is 2.85. The second kappa shape index (κ2) is 7.23. The fourth-order valence-electron chi connectivity index (χ4n) is 3.51. The number of imidazole rings is 1. The van der Waals surface area contributed by atoms with Crippen molar-refractivity contribution in [2.75, 3.05) is 5.32 Å². The van der Waals surface area contributed by atoms with Crippen molar-refractivity contribution < 1.29 is 9.59 Å². The highest BCUT2D eigenvalue weighted by atomic mass is 16.2. The molecule has 27 heavy (non-hydrogen) atoms. The van der Waals surface area contributed by atoms with Gasteiger partial charge in [0.05, 0.1) is 11.0 Å². The number of carbonyl (C=O) groups is 2. The van der Waals surface area contributed by atoms with E-state index >= 15 is 0 Å². The van der Waals surface area contributed by atoms with E-state index in [9.17, 15) is 9.59 Å². The maximum absolute atomic E-state index is 12.5. The number of amides is 2. The quantitative estimate of drug-likeness (QED) is 0.751. The van der Waals surface area contributed by atoms with Gasteiger partial charge in [0.25, 0.3) is 0 Å². The van der Waals surface area contributed by atoms with Crippen LogP contribution in [0.25, 0.3) is 22.4 Å². The number of hydrogen-bond donors (Lipinski definition) is 2. The molecule has 0 bridgehead atoms. The van der Waals surface area contributed by atoms with Crippen LogP contribution < -0.4 is 10.6 Å². The molecule has 1 unspecified atom stereocenters. The predicted molar refractivity (Wildman–Crippen MR) is 105 cm³/mol. The first-order valence-electron chi connectivity index (χ1n) is 9.24. The van der Waals surface area contributed by atoms with Crippen LogP contribution in [0.15, 0.2) is 48.5 Å². The summed E-state index contributed by atoms with van der Waals surface area (Å²) in [6, 6.07) is 15.2. The molecule has 2 N–H and O–H groups in total. The molecule has 1 atom stereocenters. The first-order valence-corrected chi connectivity index (χ1v) is 9.24. The number of aromatic nitrogens is 2. The van der Waals surface area contributed by atoms with Crippen LogP contribution in [0.4, 0.5) is 5.69 Å². The number of carbonyl (C=O) groups excluding carboxylic acids is 2. The van der Waals surface area contributed by atoms with Gasteiger partial charge in [-0.2, -0.15) is 0 Å². The molecule has 0 saturated carbocycles. The minimum Gasteiger partial charge on any atom is -0.344 e. The average molecular weight is 362 g/mol. The van der Waals surface area contributed by atoms with Gasteiger partial charge in [-0.05, 0) is 49.2 Å². The fourth-order valence-corrected chi connectivity index (χ4v) is 3.51. The van der Waals surface area contributed by atoms with E-state index in [2.05, 4.69) is 15.2 Å². The Morgan fingerprint density at radius 1 is 1.15 bits per heavy atom. The number of para-hydroxylation sites is 2. The molecular weight excluding hydrogens is 340 g/mol. The predicted octanol–water partition coefficient (Wildman–Crippen LogP) is 3.24. The molecule has 0 radical (unpaired) electrons. The number of hydrogen-bond acceptors (Lipinski definition) is 3. The van der Waals surface area contributed by atoms with E-state index < -0.39 is 6.04 Å². The Morgan fingerprint density at radius 2 is 1.93 bits per heavy atom. The molecule has 1 saturated heterocycles. The Kier molecular flexibility index (Phi) is 4.62. The summed E-state index contributed by atoms with van der Waals surface area (Å²) in [7, 11) is 2.00. The Hall–Kier alpha value is -3.15. The summed E-state index contributed by atoms with van der Waals surface area (Å²) < 4.78 is 2.06. The molecule has 1 fully saturated rings. The van der Waals surface area contributed by atoms with E-state index in [-0.39, 0.29) is 11.8 Å². The van der Waals surface area contributed by atoms with Crippen molar-refractivity contribution in [1.82, 2.24) is 14.9 Å². The third-order valence-electron chi connectivity index (χ3n) is 5.00. The molecule has 1 aliphatic heterocycles. The third-order valence-corrected chi connectivity index (χ3v) is 5.00. The maximum Gasteiger partial charge on any atom is 0.246 e. The van der Waals surface area contributed by atoms with Crippen LogP contribution in [0, 0.1) is 0 Å². The van der Waals surface area contributed by atoms with E-state index in [1.807, 2.05) is 55.6 Å². The number of fused-ring (bicyclic) bond motifs is 1. The van der Waals surface area contributed by atoms with Gasteiger partial charge in [-0.15, -0.1) is 0 Å². The van der Waals surface area contributed by atoms with Crippen LogP contribution in [0.5, 0.6) is 0 Å². The van der Waals surface area contributed by atoms with Gasteiger partial charge in [-0.25, -0.2) is 4.98 Å². The number of nitrogens with zero attached hydrogens (tertiary/aromatic N) is 2. The Labute approximate surface area is 157 Å². The van der Waals surface area contributed by atoms with Crippen molar-refractivity contribution in [1.29, 1.82) is 0 Å². The second-order valence-electron chi connectivity index (χ2n) is 6.92. The first-order chi connectivity index (χ1) is 13.1.